The first-order valence-electron chi connectivity index (χ1n) is 27.3. The first-order chi connectivity index (χ1) is 37.8. The Morgan fingerprint density at radius 3 is 1.79 bits per heavy atom. The molecule has 452 valence electrons. The molecule has 30 nitrogen and oxygen atoms in total. The first kappa shape index (κ1) is 67.5. The lowest BCUT2D eigenvalue weighted by molar-refractivity contribution is -0.165. The maximum atomic E-state index is 14.1. The molecule has 13 unspecified atom stereocenters. The van der Waals surface area contributed by atoms with Gasteiger partial charge in [-0.05, 0) is 58.8 Å². The highest BCUT2D eigenvalue weighted by molar-refractivity contribution is 6.00. The molecule has 0 spiro atoms. The summed E-state index contributed by atoms with van der Waals surface area (Å²) in [7, 11) is 0. The standard InChI is InChI=1S/C50H83N11O19/c1-4-5-6-7-8-9-10-11-12-13-14-17-28-24-33(65)57-34(27(3)63)42(70)54-26(2)45(73)60-22-16-19-31(60)41(69)55-29(18-15-21-53-50(51)52)40(68)58-35(38(66)47(75)76)43(71)56-30(25-62)46(74)61-23-20-32(64)37(61)44(72)59-36(49(79)80-28)39(67)48(77)78/h26-32,34-39,62-64,66-67H,4-25H2,1-3H3,(H,54,70)(H,55,69)(H,56,71)(H,57,65)(H,58,68)(H,59,72)(H,75,76)(H,77,78)(H4,51,52,53). The fourth-order valence-electron chi connectivity index (χ4n) is 9.60. The fraction of sp³-hybridized carbons (Fsp3) is 0.760. The van der Waals surface area contributed by atoms with Crippen molar-refractivity contribution in [3.63, 3.8) is 0 Å². The molecular weight excluding hydrogens is 1060 g/mol. The van der Waals surface area contributed by atoms with E-state index in [0.29, 0.717) is 17.7 Å². The third kappa shape index (κ3) is 20.7. The number of carboxylic acids is 2. The molecule has 3 saturated heterocycles. The summed E-state index contributed by atoms with van der Waals surface area (Å²) in [5.74, 6) is -15.5. The van der Waals surface area contributed by atoms with Crippen molar-refractivity contribution in [3.8, 4) is 0 Å². The third-order valence-corrected chi connectivity index (χ3v) is 14.0. The number of hydrogen-bond donors (Lipinski definition) is 15. The smallest absolute Gasteiger partial charge is 0.335 e. The zero-order valence-corrected chi connectivity index (χ0v) is 45.6. The van der Waals surface area contributed by atoms with Crippen LogP contribution in [0.1, 0.15) is 136 Å². The lowest BCUT2D eigenvalue weighted by Crippen LogP contribution is -2.64. The number of fused-ring (bicyclic) bond motifs is 2. The number of nitrogens with one attached hydrogen (secondary N) is 6. The highest BCUT2D eigenvalue weighted by atomic mass is 16.5. The molecule has 3 fully saturated rings. The van der Waals surface area contributed by atoms with Crippen molar-refractivity contribution in [2.75, 3.05) is 26.2 Å². The summed E-state index contributed by atoms with van der Waals surface area (Å²) in [5.41, 5.74) is 10.9. The van der Waals surface area contributed by atoms with E-state index in [1.165, 1.54) is 13.3 Å². The Morgan fingerprint density at radius 2 is 1.21 bits per heavy atom. The number of aliphatic hydroxyl groups is 5. The monoisotopic (exact) mass is 1140 g/mol. The summed E-state index contributed by atoms with van der Waals surface area (Å²) in [6.45, 7) is 2.62. The van der Waals surface area contributed by atoms with E-state index in [9.17, 15) is 88.5 Å². The minimum absolute atomic E-state index is 0.0305. The second-order valence-electron chi connectivity index (χ2n) is 20.4. The molecule has 0 aromatic carbocycles. The topological polar surface area (TPSA) is 482 Å². The minimum atomic E-state index is -2.77. The van der Waals surface area contributed by atoms with Crippen molar-refractivity contribution < 1.29 is 93.2 Å². The number of nitrogens with zero attached hydrogens (tertiary/aromatic N) is 3. The summed E-state index contributed by atoms with van der Waals surface area (Å²) in [5, 5.41) is 86.6. The van der Waals surface area contributed by atoms with E-state index < -0.39 is 164 Å². The number of guanidine groups is 1. The van der Waals surface area contributed by atoms with E-state index in [2.05, 4.69) is 27.9 Å². The number of nitrogens with two attached hydrogens (primary N) is 2. The van der Waals surface area contributed by atoms with Crippen LogP contribution in [-0.4, -0.2) is 222 Å². The Labute approximate surface area is 462 Å². The number of carbonyl (C=O) groups is 11. The van der Waals surface area contributed by atoms with E-state index in [0.717, 1.165) is 63.2 Å². The zero-order chi connectivity index (χ0) is 59.8. The number of carbonyl (C=O) groups excluding carboxylic acids is 9. The molecule has 0 bridgehead atoms. The zero-order valence-electron chi connectivity index (χ0n) is 45.6. The van der Waals surface area contributed by atoms with Crippen LogP contribution in [0.5, 0.6) is 0 Å². The quantitative estimate of drug-likeness (QED) is 0.0209. The van der Waals surface area contributed by atoms with Crippen LogP contribution in [-0.2, 0) is 57.5 Å². The number of rotatable bonds is 22. The third-order valence-electron chi connectivity index (χ3n) is 14.0. The summed E-state index contributed by atoms with van der Waals surface area (Å²) < 4.78 is 5.61. The molecular formula is C50H83N11O19. The van der Waals surface area contributed by atoms with E-state index in [1.807, 2.05) is 16.0 Å². The largest absolute Gasteiger partial charge is 0.479 e. The first-order valence-corrected chi connectivity index (χ1v) is 27.3. The Kier molecular flexibility index (Phi) is 28.5. The number of esters is 1. The molecule has 80 heavy (non-hydrogen) atoms. The molecule has 0 radical (unpaired) electrons. The van der Waals surface area contributed by atoms with Crippen LogP contribution in [0.15, 0.2) is 4.99 Å². The molecule has 17 N–H and O–H groups in total. The second kappa shape index (κ2) is 33.7. The Morgan fingerprint density at radius 1 is 0.650 bits per heavy atom. The number of hydrogen-bond acceptors (Lipinski definition) is 18. The number of cyclic esters (lactones) is 1. The molecule has 3 aliphatic heterocycles. The number of aliphatic carboxylic acids is 2. The van der Waals surface area contributed by atoms with Gasteiger partial charge in [0.15, 0.2) is 24.2 Å². The van der Waals surface area contributed by atoms with Crippen molar-refractivity contribution in [1.29, 1.82) is 0 Å². The molecule has 0 aromatic heterocycles. The van der Waals surface area contributed by atoms with E-state index >= 15 is 0 Å². The molecule has 3 heterocycles. The van der Waals surface area contributed by atoms with Gasteiger partial charge >= 0.3 is 17.9 Å². The van der Waals surface area contributed by atoms with Crippen molar-refractivity contribution in [2.24, 2.45) is 16.5 Å². The van der Waals surface area contributed by atoms with Crippen LogP contribution in [0.25, 0.3) is 0 Å². The number of aliphatic hydroxyl groups excluding tert-OH is 5. The van der Waals surface area contributed by atoms with Crippen molar-refractivity contribution in [2.45, 2.75) is 215 Å². The van der Waals surface area contributed by atoms with Crippen molar-refractivity contribution in [3.05, 3.63) is 0 Å². The van der Waals surface area contributed by atoms with Crippen LogP contribution < -0.4 is 43.4 Å². The maximum Gasteiger partial charge on any atom is 0.335 e. The van der Waals surface area contributed by atoms with E-state index in [-0.39, 0.29) is 57.6 Å². The number of carboxylic acid groups (broad SMARTS) is 2. The molecule has 30 heteroatoms. The maximum absolute atomic E-state index is 14.1. The van der Waals surface area contributed by atoms with Crippen molar-refractivity contribution in [1.82, 2.24) is 41.7 Å². The Hall–Kier alpha value is -6.76. The molecule has 8 amide bonds. The van der Waals surface area contributed by atoms with Crippen LogP contribution >= 0.6 is 0 Å². The lowest BCUT2D eigenvalue weighted by Gasteiger charge is -2.32. The molecule has 0 saturated carbocycles. The number of unbranched alkanes of at least 4 members (excludes halogenated alkanes) is 10. The number of ether oxygens (including phenoxy) is 1. The van der Waals surface area contributed by atoms with Gasteiger partial charge in [-0.3, -0.25) is 43.3 Å². The minimum Gasteiger partial charge on any atom is -0.479 e. The van der Waals surface area contributed by atoms with Crippen LogP contribution in [0.4, 0.5) is 0 Å². The predicted molar refractivity (Wildman–Crippen MR) is 280 cm³/mol. The van der Waals surface area contributed by atoms with Gasteiger partial charge in [0.05, 0.1) is 25.2 Å². The molecule has 3 rings (SSSR count). The molecule has 0 aliphatic carbocycles. The van der Waals surface area contributed by atoms with Gasteiger partial charge in [-0.1, -0.05) is 71.1 Å². The van der Waals surface area contributed by atoms with Gasteiger partial charge in [0.2, 0.25) is 47.3 Å². The summed E-state index contributed by atoms with van der Waals surface area (Å²) in [6, 6.07) is -15.3. The average molecular weight is 1140 g/mol. The summed E-state index contributed by atoms with van der Waals surface area (Å²) in [6.07, 6.45) is -1.30. The number of aliphatic imine (C=N–C) groups is 1. The van der Waals surface area contributed by atoms with Gasteiger partial charge in [-0.2, -0.15) is 0 Å². The van der Waals surface area contributed by atoms with E-state index in [4.69, 9.17) is 16.2 Å². The summed E-state index contributed by atoms with van der Waals surface area (Å²) in [4.78, 5) is 155. The molecule has 3 aliphatic rings. The van der Waals surface area contributed by atoms with Crippen LogP contribution in [0, 0.1) is 0 Å². The van der Waals surface area contributed by atoms with Gasteiger partial charge in [0, 0.05) is 19.6 Å². The average Bonchev–Trinajstić information content (AvgIpc) is 4.06. The predicted octanol–water partition coefficient (Wildman–Crippen LogP) is -4.80. The Balaban J connectivity index is 2.10. The highest BCUT2D eigenvalue weighted by Crippen LogP contribution is 2.23. The van der Waals surface area contributed by atoms with Crippen LogP contribution in [0.3, 0.4) is 0 Å². The fourth-order valence-corrected chi connectivity index (χ4v) is 9.60. The van der Waals surface area contributed by atoms with Gasteiger partial charge in [-0.25, -0.2) is 14.4 Å². The van der Waals surface area contributed by atoms with Crippen molar-refractivity contribution >= 4 is 71.1 Å². The SMILES string of the molecule is CCCCCCCCCCCCCC1CC(=O)NC(C(C)O)C(=O)NC(C)C(=O)N2CCCC2C(=O)NC(CCCN=C(N)N)C(=O)NC(C(O)C(=O)O)C(=O)NC(CO)C(=O)N2CCC(O)C2C(=O)NC(C(O)C(=O)O)C(=O)O1. The molecule has 0 aromatic rings. The summed E-state index contributed by atoms with van der Waals surface area (Å²) >= 11 is 0. The van der Waals surface area contributed by atoms with E-state index in [1.54, 1.807) is 0 Å². The van der Waals surface area contributed by atoms with Gasteiger partial charge < -0.3 is 93.7 Å². The lowest BCUT2D eigenvalue weighted by atomic mass is 10.0. The van der Waals surface area contributed by atoms with Gasteiger partial charge in [0.1, 0.15) is 48.4 Å². The van der Waals surface area contributed by atoms with Crippen LogP contribution in [0.2, 0.25) is 0 Å². The normalized spacial score (nSPS) is 27.5. The highest BCUT2D eigenvalue weighted by Gasteiger charge is 2.47. The van der Waals surface area contributed by atoms with Gasteiger partial charge in [0.25, 0.3) is 0 Å². The van der Waals surface area contributed by atoms with Gasteiger partial charge in [-0.15, -0.1) is 0 Å². The Bertz CT molecular complexity index is 2180. The molecule has 13 atom stereocenters. The second-order valence-corrected chi connectivity index (χ2v) is 20.4. The number of amides is 8.